The molecule has 0 fully saturated rings. The highest BCUT2D eigenvalue weighted by Gasteiger charge is 2.04. The van der Waals surface area contributed by atoms with Crippen LogP contribution in [0, 0.1) is 0 Å². The van der Waals surface area contributed by atoms with E-state index in [-0.39, 0.29) is 0 Å². The number of halogens is 1. The predicted octanol–water partition coefficient (Wildman–Crippen LogP) is 4.29. The van der Waals surface area contributed by atoms with Gasteiger partial charge in [0.25, 0.3) is 0 Å². The van der Waals surface area contributed by atoms with Gasteiger partial charge in [-0.2, -0.15) is 0 Å². The summed E-state index contributed by atoms with van der Waals surface area (Å²) >= 11 is 5.93. The van der Waals surface area contributed by atoms with Gasteiger partial charge in [0, 0.05) is 23.1 Å². The molecule has 0 saturated carbocycles. The lowest BCUT2D eigenvalue weighted by atomic mass is 10.1. The summed E-state index contributed by atoms with van der Waals surface area (Å²) in [5, 5.41) is 1.61. The average molecular weight is 282 g/mol. The summed E-state index contributed by atoms with van der Waals surface area (Å²) < 4.78 is 0. The Bertz CT molecular complexity index is 783. The number of hydrogen-bond donors (Lipinski definition) is 0. The fraction of sp³-hybridized carbons (Fsp3) is 0.0588. The first-order valence-electron chi connectivity index (χ1n) is 6.34. The van der Waals surface area contributed by atoms with E-state index in [0.29, 0.717) is 17.0 Å². The Morgan fingerprint density at radius 3 is 2.75 bits per heavy atom. The molecule has 0 saturated heterocycles. The predicted molar refractivity (Wildman–Crippen MR) is 81.4 cm³/mol. The second-order valence-corrected chi connectivity index (χ2v) is 5.05. The molecule has 3 heteroatoms. The quantitative estimate of drug-likeness (QED) is 0.670. The van der Waals surface area contributed by atoms with Crippen LogP contribution in [-0.4, -0.2) is 11.3 Å². The van der Waals surface area contributed by atoms with Crippen molar-refractivity contribution < 1.29 is 4.79 Å². The van der Waals surface area contributed by atoms with Crippen molar-refractivity contribution in [2.75, 3.05) is 0 Å². The zero-order chi connectivity index (χ0) is 13.9. The summed E-state index contributed by atoms with van der Waals surface area (Å²) in [7, 11) is 0. The number of para-hydroxylation sites is 1. The Kier molecular flexibility index (Phi) is 3.48. The fourth-order valence-corrected chi connectivity index (χ4v) is 2.37. The molecule has 0 bridgehead atoms. The van der Waals surface area contributed by atoms with Gasteiger partial charge in [0.2, 0.25) is 0 Å². The minimum Gasteiger partial charge on any atom is -0.298 e. The van der Waals surface area contributed by atoms with Crippen molar-refractivity contribution in [3.63, 3.8) is 0 Å². The Balaban J connectivity index is 1.94. The third-order valence-electron chi connectivity index (χ3n) is 3.23. The summed E-state index contributed by atoms with van der Waals surface area (Å²) in [6.45, 7) is 0. The number of aldehydes is 1. The first-order chi connectivity index (χ1) is 9.76. The van der Waals surface area contributed by atoms with Crippen molar-refractivity contribution in [3.8, 4) is 0 Å². The third kappa shape index (κ3) is 2.56. The first kappa shape index (κ1) is 12.8. The van der Waals surface area contributed by atoms with Crippen LogP contribution in [0.2, 0.25) is 5.02 Å². The van der Waals surface area contributed by atoms with E-state index < -0.39 is 0 Å². The lowest BCUT2D eigenvalue weighted by Crippen LogP contribution is -1.94. The highest BCUT2D eigenvalue weighted by Crippen LogP contribution is 2.19. The Hall–Kier alpha value is -2.19. The topological polar surface area (TPSA) is 30.0 Å². The number of aromatic nitrogens is 1. The van der Waals surface area contributed by atoms with E-state index >= 15 is 0 Å². The average Bonchev–Trinajstić information content (AvgIpc) is 2.49. The zero-order valence-electron chi connectivity index (χ0n) is 10.7. The second-order valence-electron chi connectivity index (χ2n) is 4.65. The number of fused-ring (bicyclic) bond motifs is 1. The van der Waals surface area contributed by atoms with Crippen LogP contribution in [0.4, 0.5) is 0 Å². The maximum Gasteiger partial charge on any atom is 0.151 e. The Morgan fingerprint density at radius 1 is 1.05 bits per heavy atom. The van der Waals surface area contributed by atoms with Gasteiger partial charge in [-0.1, -0.05) is 41.9 Å². The summed E-state index contributed by atoms with van der Waals surface area (Å²) in [6, 6.07) is 17.6. The van der Waals surface area contributed by atoms with E-state index in [0.717, 1.165) is 28.4 Å². The molecule has 0 aliphatic heterocycles. The number of hydrogen-bond acceptors (Lipinski definition) is 2. The fourth-order valence-electron chi connectivity index (χ4n) is 2.21. The molecule has 0 unspecified atom stereocenters. The summed E-state index contributed by atoms with van der Waals surface area (Å²) in [5.41, 5.74) is 3.50. The van der Waals surface area contributed by atoms with Crippen molar-refractivity contribution in [2.45, 2.75) is 6.42 Å². The number of benzene rings is 2. The summed E-state index contributed by atoms with van der Waals surface area (Å²) in [5.74, 6) is 0. The molecule has 2 aromatic carbocycles. The van der Waals surface area contributed by atoms with Gasteiger partial charge < -0.3 is 0 Å². The number of rotatable bonds is 3. The standard InChI is InChI=1S/C17H12ClNO/c18-16-8-5-12(9-14(16)11-20)10-15-7-6-13-3-1-2-4-17(13)19-15/h1-9,11H,10H2. The van der Waals surface area contributed by atoms with Crippen LogP contribution >= 0.6 is 11.6 Å². The molecule has 0 aliphatic carbocycles. The zero-order valence-corrected chi connectivity index (χ0v) is 11.5. The first-order valence-corrected chi connectivity index (χ1v) is 6.72. The normalized spacial score (nSPS) is 10.7. The van der Waals surface area contributed by atoms with E-state index in [4.69, 9.17) is 11.6 Å². The van der Waals surface area contributed by atoms with E-state index in [9.17, 15) is 4.79 Å². The SMILES string of the molecule is O=Cc1cc(Cc2ccc3ccccc3n2)ccc1Cl. The molecule has 0 aliphatic rings. The monoisotopic (exact) mass is 281 g/mol. The highest BCUT2D eigenvalue weighted by molar-refractivity contribution is 6.32. The maximum atomic E-state index is 10.9. The minimum absolute atomic E-state index is 0.482. The van der Waals surface area contributed by atoms with Crippen LogP contribution in [0.15, 0.2) is 54.6 Å². The lowest BCUT2D eigenvalue weighted by molar-refractivity contribution is 0.112. The van der Waals surface area contributed by atoms with Gasteiger partial charge in [0.05, 0.1) is 10.5 Å². The molecule has 3 rings (SSSR count). The number of carbonyl (C=O) groups is 1. The van der Waals surface area contributed by atoms with Crippen LogP contribution in [0.5, 0.6) is 0 Å². The number of pyridine rings is 1. The van der Waals surface area contributed by atoms with Gasteiger partial charge in [-0.25, -0.2) is 0 Å². The van der Waals surface area contributed by atoms with Crippen molar-refractivity contribution in [1.29, 1.82) is 0 Å². The molecule has 0 N–H and O–H groups in total. The maximum absolute atomic E-state index is 10.9. The van der Waals surface area contributed by atoms with Gasteiger partial charge in [0.15, 0.2) is 6.29 Å². The molecule has 0 spiro atoms. The van der Waals surface area contributed by atoms with E-state index in [1.165, 1.54) is 0 Å². The van der Waals surface area contributed by atoms with Crippen molar-refractivity contribution in [1.82, 2.24) is 4.98 Å². The molecular formula is C17H12ClNO. The molecule has 20 heavy (non-hydrogen) atoms. The molecule has 2 nitrogen and oxygen atoms in total. The molecular weight excluding hydrogens is 270 g/mol. The molecule has 0 atom stereocenters. The Labute approximate surface area is 122 Å². The van der Waals surface area contributed by atoms with E-state index in [1.807, 2.05) is 42.5 Å². The number of carbonyl (C=O) groups excluding carboxylic acids is 1. The molecule has 98 valence electrons. The molecule has 0 radical (unpaired) electrons. The van der Waals surface area contributed by atoms with Crippen LogP contribution in [0.1, 0.15) is 21.6 Å². The Morgan fingerprint density at radius 2 is 1.90 bits per heavy atom. The molecule has 3 aromatic rings. The van der Waals surface area contributed by atoms with Crippen molar-refractivity contribution in [2.24, 2.45) is 0 Å². The summed E-state index contributed by atoms with van der Waals surface area (Å²) in [6.07, 6.45) is 1.46. The third-order valence-corrected chi connectivity index (χ3v) is 3.57. The van der Waals surface area contributed by atoms with Gasteiger partial charge in [-0.05, 0) is 29.8 Å². The molecule has 1 aromatic heterocycles. The van der Waals surface area contributed by atoms with E-state index in [1.54, 1.807) is 6.07 Å². The van der Waals surface area contributed by atoms with Crippen molar-refractivity contribution >= 4 is 28.8 Å². The minimum atomic E-state index is 0.482. The number of nitrogens with zero attached hydrogens (tertiary/aromatic N) is 1. The van der Waals surface area contributed by atoms with Gasteiger partial charge >= 0.3 is 0 Å². The van der Waals surface area contributed by atoms with Gasteiger partial charge in [-0.3, -0.25) is 9.78 Å². The van der Waals surface area contributed by atoms with Crippen LogP contribution in [0.25, 0.3) is 10.9 Å². The smallest absolute Gasteiger partial charge is 0.151 e. The van der Waals surface area contributed by atoms with Crippen LogP contribution in [0.3, 0.4) is 0 Å². The summed E-state index contributed by atoms with van der Waals surface area (Å²) in [4.78, 5) is 15.5. The molecule has 0 amide bonds. The van der Waals surface area contributed by atoms with Gasteiger partial charge in [-0.15, -0.1) is 0 Å². The van der Waals surface area contributed by atoms with Crippen LogP contribution in [-0.2, 0) is 6.42 Å². The van der Waals surface area contributed by atoms with E-state index in [2.05, 4.69) is 11.1 Å². The van der Waals surface area contributed by atoms with Crippen LogP contribution < -0.4 is 0 Å². The second kappa shape index (κ2) is 5.43. The highest BCUT2D eigenvalue weighted by atomic mass is 35.5. The largest absolute Gasteiger partial charge is 0.298 e. The van der Waals surface area contributed by atoms with Crippen molar-refractivity contribution in [3.05, 3.63) is 76.4 Å². The van der Waals surface area contributed by atoms with Gasteiger partial charge in [0.1, 0.15) is 0 Å². The molecule has 1 heterocycles. The lowest BCUT2D eigenvalue weighted by Gasteiger charge is -2.05.